The summed E-state index contributed by atoms with van der Waals surface area (Å²) >= 11 is 0. The van der Waals surface area contributed by atoms with Crippen LogP contribution in [0.1, 0.15) is 26.2 Å². The molecular weight excluding hydrogens is 222 g/mol. The molecular formula is C12H19NO4. The zero-order chi connectivity index (χ0) is 12.5. The van der Waals surface area contributed by atoms with Crippen LogP contribution in [0.2, 0.25) is 0 Å². The third kappa shape index (κ3) is 2.16. The number of hydrogen-bond acceptors (Lipinski definition) is 3. The van der Waals surface area contributed by atoms with Crippen LogP contribution in [0.3, 0.4) is 0 Å². The Morgan fingerprint density at radius 3 is 2.59 bits per heavy atom. The molecule has 0 saturated carbocycles. The second-order valence-electron chi connectivity index (χ2n) is 4.99. The number of ether oxygens (including phenoxy) is 1. The maximum absolute atomic E-state index is 11.7. The summed E-state index contributed by atoms with van der Waals surface area (Å²) in [4.78, 5) is 24.8. The molecule has 0 unspecified atom stereocenters. The van der Waals surface area contributed by atoms with Gasteiger partial charge in [0.05, 0.1) is 5.92 Å². The quantitative estimate of drug-likeness (QED) is 0.774. The lowest BCUT2D eigenvalue weighted by Gasteiger charge is -2.36. The van der Waals surface area contributed by atoms with Gasteiger partial charge in [-0.1, -0.05) is 6.92 Å². The van der Waals surface area contributed by atoms with Gasteiger partial charge in [0.25, 0.3) is 0 Å². The van der Waals surface area contributed by atoms with E-state index >= 15 is 0 Å². The monoisotopic (exact) mass is 241 g/mol. The van der Waals surface area contributed by atoms with Gasteiger partial charge in [-0.2, -0.15) is 0 Å². The smallest absolute Gasteiger partial charge is 0.308 e. The van der Waals surface area contributed by atoms with E-state index in [0.717, 1.165) is 12.8 Å². The van der Waals surface area contributed by atoms with Crippen LogP contribution in [0, 0.1) is 11.3 Å². The third-order valence-corrected chi connectivity index (χ3v) is 4.09. The molecule has 1 spiro atoms. The van der Waals surface area contributed by atoms with Crippen molar-refractivity contribution in [3.05, 3.63) is 0 Å². The van der Waals surface area contributed by atoms with Crippen LogP contribution in [-0.2, 0) is 14.3 Å². The number of aliphatic carboxylic acids is 1. The fraction of sp³-hybridized carbons (Fsp3) is 0.833. The molecule has 1 amide bonds. The molecule has 1 N–H and O–H groups in total. The van der Waals surface area contributed by atoms with E-state index < -0.39 is 11.9 Å². The summed E-state index contributed by atoms with van der Waals surface area (Å²) in [5.74, 6) is -1.15. The fourth-order valence-corrected chi connectivity index (χ4v) is 3.01. The van der Waals surface area contributed by atoms with Gasteiger partial charge < -0.3 is 14.7 Å². The molecule has 0 radical (unpaired) electrons. The molecule has 2 fully saturated rings. The lowest BCUT2D eigenvalue weighted by molar-refractivity contribution is -0.146. The summed E-state index contributed by atoms with van der Waals surface area (Å²) in [5, 5.41) is 9.32. The number of carboxylic acids is 1. The number of amides is 1. The summed E-state index contributed by atoms with van der Waals surface area (Å²) in [6.07, 6.45) is 1.94. The molecule has 0 aromatic carbocycles. The van der Waals surface area contributed by atoms with Gasteiger partial charge in [0.2, 0.25) is 5.91 Å². The highest BCUT2D eigenvalue weighted by Gasteiger charge is 2.51. The van der Waals surface area contributed by atoms with E-state index in [0.29, 0.717) is 32.7 Å². The number of carbonyl (C=O) groups is 2. The molecule has 0 aromatic rings. The first-order valence-corrected chi connectivity index (χ1v) is 6.17. The third-order valence-electron chi connectivity index (χ3n) is 4.09. The number of carbonyl (C=O) groups excluding carboxylic acids is 1. The van der Waals surface area contributed by atoms with Gasteiger partial charge >= 0.3 is 5.97 Å². The molecule has 96 valence electrons. The molecule has 2 saturated heterocycles. The number of rotatable bonds is 2. The highest BCUT2D eigenvalue weighted by molar-refractivity contribution is 5.79. The van der Waals surface area contributed by atoms with Crippen molar-refractivity contribution in [2.45, 2.75) is 26.2 Å². The van der Waals surface area contributed by atoms with Gasteiger partial charge in [-0.3, -0.25) is 9.59 Å². The Balaban J connectivity index is 2.18. The molecule has 0 aromatic heterocycles. The Morgan fingerprint density at radius 1 is 1.41 bits per heavy atom. The van der Waals surface area contributed by atoms with Crippen LogP contribution in [0.4, 0.5) is 0 Å². The van der Waals surface area contributed by atoms with Crippen molar-refractivity contribution in [1.82, 2.24) is 4.90 Å². The maximum atomic E-state index is 11.7. The van der Waals surface area contributed by atoms with Crippen LogP contribution in [-0.4, -0.2) is 48.2 Å². The summed E-state index contributed by atoms with van der Waals surface area (Å²) in [6, 6.07) is 0. The minimum Gasteiger partial charge on any atom is -0.481 e. The predicted molar refractivity (Wildman–Crippen MR) is 60.5 cm³/mol. The van der Waals surface area contributed by atoms with Gasteiger partial charge in [0.1, 0.15) is 0 Å². The standard InChI is InChI=1S/C12H19NO4/c1-2-10(14)13-7-9(11(15)16)12(8-13)3-5-17-6-4-12/h9H,2-8H2,1H3,(H,15,16)/t9-/m1/s1. The largest absolute Gasteiger partial charge is 0.481 e. The van der Waals surface area contributed by atoms with Gasteiger partial charge in [-0.15, -0.1) is 0 Å². The van der Waals surface area contributed by atoms with Crippen molar-refractivity contribution in [2.75, 3.05) is 26.3 Å². The Labute approximate surface area is 101 Å². The van der Waals surface area contributed by atoms with Gasteiger partial charge in [0.15, 0.2) is 0 Å². The van der Waals surface area contributed by atoms with E-state index in [9.17, 15) is 14.7 Å². The van der Waals surface area contributed by atoms with Crippen LogP contribution >= 0.6 is 0 Å². The van der Waals surface area contributed by atoms with Crippen molar-refractivity contribution in [3.8, 4) is 0 Å². The van der Waals surface area contributed by atoms with E-state index in [-0.39, 0.29) is 11.3 Å². The zero-order valence-electron chi connectivity index (χ0n) is 10.1. The van der Waals surface area contributed by atoms with Gasteiger partial charge in [-0.05, 0) is 12.8 Å². The lowest BCUT2D eigenvalue weighted by Crippen LogP contribution is -2.40. The normalized spacial score (nSPS) is 27.4. The zero-order valence-corrected chi connectivity index (χ0v) is 10.1. The Hall–Kier alpha value is -1.10. The first-order valence-electron chi connectivity index (χ1n) is 6.17. The molecule has 2 aliphatic rings. The first-order chi connectivity index (χ1) is 8.09. The first kappa shape index (κ1) is 12.4. The molecule has 1 atom stereocenters. The van der Waals surface area contributed by atoms with E-state index in [1.54, 1.807) is 4.90 Å². The van der Waals surface area contributed by atoms with Crippen LogP contribution in [0.15, 0.2) is 0 Å². The topological polar surface area (TPSA) is 66.8 Å². The average Bonchev–Trinajstić information content (AvgIpc) is 2.68. The second kappa shape index (κ2) is 4.64. The minimum absolute atomic E-state index is 0.0552. The fourth-order valence-electron chi connectivity index (χ4n) is 3.01. The van der Waals surface area contributed by atoms with Gasteiger partial charge in [0, 0.05) is 38.1 Å². The van der Waals surface area contributed by atoms with Crippen molar-refractivity contribution in [3.63, 3.8) is 0 Å². The van der Waals surface area contributed by atoms with E-state index in [1.165, 1.54) is 0 Å². The summed E-state index contributed by atoms with van der Waals surface area (Å²) in [7, 11) is 0. The van der Waals surface area contributed by atoms with Gasteiger partial charge in [-0.25, -0.2) is 0 Å². The van der Waals surface area contributed by atoms with Crippen molar-refractivity contribution < 1.29 is 19.4 Å². The molecule has 5 heteroatoms. The van der Waals surface area contributed by atoms with E-state index in [4.69, 9.17) is 4.74 Å². The summed E-state index contributed by atoms with van der Waals surface area (Å²) in [6.45, 7) is 3.98. The van der Waals surface area contributed by atoms with Crippen molar-refractivity contribution in [2.24, 2.45) is 11.3 Å². The van der Waals surface area contributed by atoms with Crippen LogP contribution in [0.5, 0.6) is 0 Å². The highest BCUT2D eigenvalue weighted by atomic mass is 16.5. The molecule has 0 aliphatic carbocycles. The molecule has 2 heterocycles. The lowest BCUT2D eigenvalue weighted by atomic mass is 9.72. The number of carboxylic acid groups (broad SMARTS) is 1. The molecule has 2 rings (SSSR count). The highest BCUT2D eigenvalue weighted by Crippen LogP contribution is 2.44. The van der Waals surface area contributed by atoms with Crippen LogP contribution in [0.25, 0.3) is 0 Å². The minimum atomic E-state index is -0.779. The second-order valence-corrected chi connectivity index (χ2v) is 4.99. The number of nitrogens with zero attached hydrogens (tertiary/aromatic N) is 1. The number of hydrogen-bond donors (Lipinski definition) is 1. The van der Waals surface area contributed by atoms with Crippen LogP contribution < -0.4 is 0 Å². The SMILES string of the molecule is CCC(=O)N1C[C@H](C(=O)O)C2(CCOCC2)C1. The summed E-state index contributed by atoms with van der Waals surface area (Å²) in [5.41, 5.74) is -0.255. The maximum Gasteiger partial charge on any atom is 0.308 e. The van der Waals surface area contributed by atoms with Crippen molar-refractivity contribution >= 4 is 11.9 Å². The molecule has 17 heavy (non-hydrogen) atoms. The van der Waals surface area contributed by atoms with E-state index in [2.05, 4.69) is 0 Å². The number of likely N-dealkylation sites (tertiary alicyclic amines) is 1. The van der Waals surface area contributed by atoms with Crippen molar-refractivity contribution in [1.29, 1.82) is 0 Å². The predicted octanol–water partition coefficient (Wildman–Crippen LogP) is 0.736. The average molecular weight is 241 g/mol. The Morgan fingerprint density at radius 2 is 2.06 bits per heavy atom. The van der Waals surface area contributed by atoms with E-state index in [1.807, 2.05) is 6.92 Å². The Bertz CT molecular complexity index is 322. The summed E-state index contributed by atoms with van der Waals surface area (Å²) < 4.78 is 5.31. The Kier molecular flexibility index (Phi) is 3.38. The molecule has 5 nitrogen and oxygen atoms in total. The molecule has 2 aliphatic heterocycles. The molecule has 0 bridgehead atoms.